The number of halogens is 3. The number of aliphatic hydroxyl groups is 1. The summed E-state index contributed by atoms with van der Waals surface area (Å²) in [6.07, 6.45) is -4.99. The van der Waals surface area contributed by atoms with Gasteiger partial charge in [-0.3, -0.25) is 0 Å². The first-order valence-corrected chi connectivity index (χ1v) is 3.89. The van der Waals surface area contributed by atoms with Crippen LogP contribution in [0.3, 0.4) is 0 Å². The van der Waals surface area contributed by atoms with Gasteiger partial charge in [0, 0.05) is 0 Å². The van der Waals surface area contributed by atoms with Crippen LogP contribution in [0.1, 0.15) is 25.7 Å². The van der Waals surface area contributed by atoms with Crippen LogP contribution in [0.4, 0.5) is 13.2 Å². The zero-order valence-electron chi connectivity index (χ0n) is 6.56. The van der Waals surface area contributed by atoms with Crippen LogP contribution in [0.25, 0.3) is 0 Å². The summed E-state index contributed by atoms with van der Waals surface area (Å²) in [5, 5.41) is 8.98. The van der Waals surface area contributed by atoms with E-state index in [4.69, 9.17) is 10.8 Å². The SMILES string of the molecule is NC1(C(F)(F)F)CCC(O)CC1. The minimum atomic E-state index is -4.34. The summed E-state index contributed by atoms with van der Waals surface area (Å²) < 4.78 is 36.7. The molecule has 0 unspecified atom stereocenters. The molecule has 0 spiro atoms. The van der Waals surface area contributed by atoms with Crippen molar-refractivity contribution in [3.8, 4) is 0 Å². The Balaban J connectivity index is 2.62. The smallest absolute Gasteiger partial charge is 0.393 e. The highest BCUT2D eigenvalue weighted by molar-refractivity contribution is 4.95. The fourth-order valence-electron chi connectivity index (χ4n) is 1.40. The second kappa shape index (κ2) is 2.88. The molecular weight excluding hydrogens is 171 g/mol. The van der Waals surface area contributed by atoms with E-state index in [1.807, 2.05) is 0 Å². The van der Waals surface area contributed by atoms with E-state index in [1.54, 1.807) is 0 Å². The molecule has 2 nitrogen and oxygen atoms in total. The van der Waals surface area contributed by atoms with Gasteiger partial charge in [-0.15, -0.1) is 0 Å². The van der Waals surface area contributed by atoms with Gasteiger partial charge >= 0.3 is 6.18 Å². The second-order valence-electron chi connectivity index (χ2n) is 3.39. The highest BCUT2D eigenvalue weighted by Gasteiger charge is 2.52. The minimum absolute atomic E-state index is 0.149. The largest absolute Gasteiger partial charge is 0.406 e. The van der Waals surface area contributed by atoms with Crippen LogP contribution in [0.5, 0.6) is 0 Å². The molecule has 1 fully saturated rings. The van der Waals surface area contributed by atoms with Crippen molar-refractivity contribution in [2.24, 2.45) is 5.73 Å². The lowest BCUT2D eigenvalue weighted by atomic mass is 9.81. The van der Waals surface area contributed by atoms with Crippen LogP contribution >= 0.6 is 0 Å². The van der Waals surface area contributed by atoms with E-state index in [-0.39, 0.29) is 25.7 Å². The summed E-state index contributed by atoms with van der Waals surface area (Å²) >= 11 is 0. The summed E-state index contributed by atoms with van der Waals surface area (Å²) in [6.45, 7) is 0. The van der Waals surface area contributed by atoms with Gasteiger partial charge in [0.1, 0.15) is 5.54 Å². The Kier molecular flexibility index (Phi) is 2.35. The Morgan fingerprint density at radius 3 is 2.00 bits per heavy atom. The van der Waals surface area contributed by atoms with Crippen molar-refractivity contribution >= 4 is 0 Å². The quantitative estimate of drug-likeness (QED) is 0.592. The number of nitrogens with two attached hydrogens (primary N) is 1. The van der Waals surface area contributed by atoms with Gasteiger partial charge in [0.25, 0.3) is 0 Å². The third-order valence-electron chi connectivity index (χ3n) is 2.41. The normalized spacial score (nSPS) is 38.2. The summed E-state index contributed by atoms with van der Waals surface area (Å²) in [5.41, 5.74) is 3.10. The molecule has 0 amide bonds. The summed E-state index contributed by atoms with van der Waals surface area (Å²) in [6, 6.07) is 0. The van der Waals surface area contributed by atoms with E-state index < -0.39 is 17.8 Å². The molecule has 1 saturated carbocycles. The van der Waals surface area contributed by atoms with Crippen LogP contribution in [0.2, 0.25) is 0 Å². The molecule has 0 aromatic rings. The van der Waals surface area contributed by atoms with Crippen molar-refractivity contribution in [2.75, 3.05) is 0 Å². The van der Waals surface area contributed by atoms with Crippen molar-refractivity contribution in [3.63, 3.8) is 0 Å². The molecule has 3 N–H and O–H groups in total. The zero-order chi connectivity index (χ0) is 9.41. The molecule has 1 rings (SSSR count). The average Bonchev–Trinajstić information content (AvgIpc) is 1.93. The molecule has 0 bridgehead atoms. The van der Waals surface area contributed by atoms with E-state index >= 15 is 0 Å². The minimum Gasteiger partial charge on any atom is -0.393 e. The predicted molar refractivity (Wildman–Crippen MR) is 37.4 cm³/mol. The summed E-state index contributed by atoms with van der Waals surface area (Å²) in [7, 11) is 0. The molecule has 0 saturated heterocycles. The predicted octanol–water partition coefficient (Wildman–Crippen LogP) is 1.18. The second-order valence-corrected chi connectivity index (χ2v) is 3.39. The Morgan fingerprint density at radius 1 is 1.25 bits per heavy atom. The molecule has 12 heavy (non-hydrogen) atoms. The number of alkyl halides is 3. The zero-order valence-corrected chi connectivity index (χ0v) is 6.56. The van der Waals surface area contributed by atoms with Crippen LogP contribution in [-0.4, -0.2) is 22.9 Å². The molecular formula is C7H12F3NO. The van der Waals surface area contributed by atoms with Crippen LogP contribution < -0.4 is 5.73 Å². The molecule has 72 valence electrons. The first-order chi connectivity index (χ1) is 5.35. The van der Waals surface area contributed by atoms with Crippen LogP contribution in [0, 0.1) is 0 Å². The maximum absolute atomic E-state index is 12.2. The third-order valence-corrected chi connectivity index (χ3v) is 2.41. The van der Waals surface area contributed by atoms with E-state index in [0.29, 0.717) is 0 Å². The first kappa shape index (κ1) is 9.80. The van der Waals surface area contributed by atoms with Gasteiger partial charge in [-0.2, -0.15) is 13.2 Å². The van der Waals surface area contributed by atoms with Gasteiger partial charge < -0.3 is 10.8 Å². The lowest BCUT2D eigenvalue weighted by Crippen LogP contribution is -2.55. The van der Waals surface area contributed by atoms with Gasteiger partial charge in [0.05, 0.1) is 6.10 Å². The topological polar surface area (TPSA) is 46.2 Å². The van der Waals surface area contributed by atoms with E-state index in [0.717, 1.165) is 0 Å². The van der Waals surface area contributed by atoms with Gasteiger partial charge in [-0.25, -0.2) is 0 Å². The Morgan fingerprint density at radius 2 is 1.67 bits per heavy atom. The number of rotatable bonds is 0. The van der Waals surface area contributed by atoms with Crippen molar-refractivity contribution in [1.82, 2.24) is 0 Å². The van der Waals surface area contributed by atoms with Crippen molar-refractivity contribution < 1.29 is 18.3 Å². The Labute approximate surface area is 68.6 Å². The maximum atomic E-state index is 12.2. The molecule has 1 aliphatic rings. The highest BCUT2D eigenvalue weighted by atomic mass is 19.4. The van der Waals surface area contributed by atoms with Gasteiger partial charge in [0.15, 0.2) is 0 Å². The lowest BCUT2D eigenvalue weighted by molar-refractivity contribution is -0.198. The van der Waals surface area contributed by atoms with Gasteiger partial charge in [0.2, 0.25) is 0 Å². The third kappa shape index (κ3) is 1.72. The van der Waals surface area contributed by atoms with Crippen LogP contribution in [0.15, 0.2) is 0 Å². The fraction of sp³-hybridized carbons (Fsp3) is 1.00. The van der Waals surface area contributed by atoms with E-state index in [9.17, 15) is 13.2 Å². The van der Waals surface area contributed by atoms with Crippen molar-refractivity contribution in [2.45, 2.75) is 43.5 Å². The molecule has 0 radical (unpaired) electrons. The van der Waals surface area contributed by atoms with Crippen molar-refractivity contribution in [3.05, 3.63) is 0 Å². The first-order valence-electron chi connectivity index (χ1n) is 3.89. The van der Waals surface area contributed by atoms with Crippen LogP contribution in [-0.2, 0) is 0 Å². The number of aliphatic hydroxyl groups excluding tert-OH is 1. The molecule has 0 aromatic carbocycles. The van der Waals surface area contributed by atoms with Crippen molar-refractivity contribution in [1.29, 1.82) is 0 Å². The summed E-state index contributed by atoms with van der Waals surface area (Å²) in [5.74, 6) is 0. The van der Waals surface area contributed by atoms with Gasteiger partial charge in [-0.05, 0) is 25.7 Å². The number of hydrogen-bond donors (Lipinski definition) is 2. The lowest BCUT2D eigenvalue weighted by Gasteiger charge is -2.36. The molecule has 0 atom stereocenters. The van der Waals surface area contributed by atoms with Gasteiger partial charge in [-0.1, -0.05) is 0 Å². The Hall–Kier alpha value is -0.290. The molecule has 0 heterocycles. The standard InChI is InChI=1S/C7H12F3NO/c8-7(9,10)6(11)3-1-5(12)2-4-6/h5,12H,1-4,11H2. The fourth-order valence-corrected chi connectivity index (χ4v) is 1.40. The molecule has 1 aliphatic carbocycles. The molecule has 5 heteroatoms. The molecule has 0 aliphatic heterocycles. The number of hydrogen-bond acceptors (Lipinski definition) is 2. The highest BCUT2D eigenvalue weighted by Crippen LogP contribution is 2.39. The maximum Gasteiger partial charge on any atom is 0.406 e. The summed E-state index contributed by atoms with van der Waals surface area (Å²) in [4.78, 5) is 0. The average molecular weight is 183 g/mol. The van der Waals surface area contributed by atoms with E-state index in [1.165, 1.54) is 0 Å². The van der Waals surface area contributed by atoms with E-state index in [2.05, 4.69) is 0 Å². The monoisotopic (exact) mass is 183 g/mol. The molecule has 0 aromatic heterocycles. The Bertz CT molecular complexity index is 161.